The zero-order valence-electron chi connectivity index (χ0n) is 14.2. The summed E-state index contributed by atoms with van der Waals surface area (Å²) in [6.45, 7) is 10.5. The summed E-state index contributed by atoms with van der Waals surface area (Å²) in [4.78, 5) is 43.8. The van der Waals surface area contributed by atoms with Crippen LogP contribution in [0.5, 0.6) is 0 Å². The summed E-state index contributed by atoms with van der Waals surface area (Å²) in [7, 11) is 0. The molecule has 0 spiro atoms. The Morgan fingerprint density at radius 1 is 1.04 bits per heavy atom. The molecule has 1 heterocycles. The van der Waals surface area contributed by atoms with Crippen molar-refractivity contribution in [3.63, 3.8) is 0 Å². The number of epoxide rings is 1. The molecule has 1 fully saturated rings. The van der Waals surface area contributed by atoms with Gasteiger partial charge in [-0.3, -0.25) is 9.78 Å². The highest BCUT2D eigenvalue weighted by Crippen LogP contribution is 2.46. The lowest BCUT2D eigenvalue weighted by atomic mass is 9.94. The smallest absolute Gasteiger partial charge is 0.344 e. The first kappa shape index (κ1) is 17.7. The van der Waals surface area contributed by atoms with Crippen molar-refractivity contribution in [3.8, 4) is 0 Å². The highest BCUT2D eigenvalue weighted by atomic mass is 17.2. The fourth-order valence-electron chi connectivity index (χ4n) is 1.80. The minimum Gasteiger partial charge on any atom is -0.344 e. The van der Waals surface area contributed by atoms with E-state index in [2.05, 4.69) is 0 Å². The molecule has 0 radical (unpaired) electrons. The number of fused-ring (bicyclic) bond motifs is 1. The molecule has 2 aliphatic rings. The molecule has 1 saturated heterocycles. The Morgan fingerprint density at radius 3 is 2.17 bits per heavy atom. The van der Waals surface area contributed by atoms with Gasteiger partial charge in [-0.15, -0.1) is 0 Å². The van der Waals surface area contributed by atoms with Crippen molar-refractivity contribution in [2.45, 2.75) is 64.4 Å². The molecule has 23 heavy (non-hydrogen) atoms. The van der Waals surface area contributed by atoms with Gasteiger partial charge in [-0.05, 0) is 53.7 Å². The average molecular weight is 326 g/mol. The van der Waals surface area contributed by atoms with Gasteiger partial charge in [-0.1, -0.05) is 6.08 Å². The van der Waals surface area contributed by atoms with Gasteiger partial charge in [0, 0.05) is 0 Å². The quantitative estimate of drug-likeness (QED) is 0.445. The van der Waals surface area contributed by atoms with Crippen molar-refractivity contribution >= 4 is 11.9 Å². The van der Waals surface area contributed by atoms with E-state index >= 15 is 0 Å². The van der Waals surface area contributed by atoms with Crippen molar-refractivity contribution in [3.05, 3.63) is 23.8 Å². The van der Waals surface area contributed by atoms with Crippen LogP contribution in [0.3, 0.4) is 0 Å². The molecule has 0 aromatic heterocycles. The number of rotatable bonds is 4. The molecule has 7 nitrogen and oxygen atoms in total. The zero-order valence-corrected chi connectivity index (χ0v) is 14.2. The van der Waals surface area contributed by atoms with E-state index in [0.717, 1.165) is 0 Å². The number of hydrogen-bond acceptors (Lipinski definition) is 7. The Bertz CT molecular complexity index is 562. The fourth-order valence-corrected chi connectivity index (χ4v) is 1.80. The normalized spacial score (nSPS) is 26.2. The van der Waals surface area contributed by atoms with Gasteiger partial charge in [-0.2, -0.15) is 9.78 Å². The monoisotopic (exact) mass is 326 g/mol. The maximum absolute atomic E-state index is 12.2. The molecular formula is C16H22O7. The molecule has 0 saturated carbocycles. The van der Waals surface area contributed by atoms with Crippen LogP contribution in [0.2, 0.25) is 0 Å². The number of ether oxygens (including phenoxy) is 1. The molecule has 2 unspecified atom stereocenters. The maximum Gasteiger partial charge on any atom is 0.380 e. The van der Waals surface area contributed by atoms with Crippen LogP contribution in [0.4, 0.5) is 0 Å². The van der Waals surface area contributed by atoms with E-state index < -0.39 is 34.8 Å². The van der Waals surface area contributed by atoms with E-state index in [4.69, 9.17) is 24.3 Å². The van der Waals surface area contributed by atoms with Gasteiger partial charge < -0.3 is 4.74 Å². The standard InChI is InChI=1S/C16H22O7/c1-14(2,3)22-20-12(17)10-8-7-9-16(11(10)19-16)13(18)21-23-15(4,5)6/h7-9,11H,1-6H3. The van der Waals surface area contributed by atoms with E-state index in [9.17, 15) is 9.59 Å². The molecule has 0 aromatic rings. The van der Waals surface area contributed by atoms with Crippen molar-refractivity contribution in [2.24, 2.45) is 0 Å². The zero-order chi connectivity index (χ0) is 17.5. The molecule has 0 bridgehead atoms. The second-order valence-corrected chi connectivity index (χ2v) is 7.41. The number of hydrogen-bond donors (Lipinski definition) is 0. The fraction of sp³-hybridized carbons (Fsp3) is 0.625. The molecule has 0 N–H and O–H groups in total. The summed E-state index contributed by atoms with van der Waals surface area (Å²) in [5.74, 6) is -1.43. The molecule has 7 heteroatoms. The first-order valence-corrected chi connectivity index (χ1v) is 7.32. The number of carbonyl (C=O) groups is 2. The van der Waals surface area contributed by atoms with E-state index in [1.807, 2.05) is 0 Å². The predicted molar refractivity (Wildman–Crippen MR) is 78.7 cm³/mol. The average Bonchev–Trinajstić information content (AvgIpc) is 3.16. The second-order valence-electron chi connectivity index (χ2n) is 7.41. The third-order valence-electron chi connectivity index (χ3n) is 2.84. The Morgan fingerprint density at radius 2 is 1.61 bits per heavy atom. The lowest BCUT2D eigenvalue weighted by molar-refractivity contribution is -0.322. The summed E-state index contributed by atoms with van der Waals surface area (Å²) in [6.07, 6.45) is 3.81. The molecule has 1 aliphatic heterocycles. The molecule has 0 aromatic carbocycles. The molecule has 128 valence electrons. The maximum atomic E-state index is 12.2. The minimum atomic E-state index is -1.34. The Hall–Kier alpha value is -1.70. The van der Waals surface area contributed by atoms with Gasteiger partial charge in [-0.25, -0.2) is 9.59 Å². The SMILES string of the molecule is CC(C)(C)OOC(=O)C1=CC=CC2(C(=O)OOC(C)(C)C)OC12. The summed E-state index contributed by atoms with van der Waals surface area (Å²) in [5, 5.41) is 0. The van der Waals surface area contributed by atoms with Crippen LogP contribution in [0, 0.1) is 0 Å². The minimum absolute atomic E-state index is 0.185. The Labute approximate surface area is 135 Å². The van der Waals surface area contributed by atoms with Crippen molar-refractivity contribution < 1.29 is 33.9 Å². The van der Waals surface area contributed by atoms with Crippen molar-refractivity contribution in [1.29, 1.82) is 0 Å². The third-order valence-corrected chi connectivity index (χ3v) is 2.84. The lowest BCUT2D eigenvalue weighted by Crippen LogP contribution is -2.34. The highest BCUT2D eigenvalue weighted by Gasteiger charge is 2.67. The van der Waals surface area contributed by atoms with E-state index in [1.54, 1.807) is 41.5 Å². The summed E-state index contributed by atoms with van der Waals surface area (Å²) < 4.78 is 5.39. The molecule has 1 aliphatic carbocycles. The van der Waals surface area contributed by atoms with Crippen LogP contribution >= 0.6 is 0 Å². The van der Waals surface area contributed by atoms with Gasteiger partial charge in [0.1, 0.15) is 17.3 Å². The highest BCUT2D eigenvalue weighted by molar-refractivity contribution is 5.97. The van der Waals surface area contributed by atoms with E-state index in [0.29, 0.717) is 0 Å². The molecule has 0 amide bonds. The van der Waals surface area contributed by atoms with Crippen LogP contribution in [0.15, 0.2) is 23.8 Å². The first-order valence-electron chi connectivity index (χ1n) is 7.32. The largest absolute Gasteiger partial charge is 0.380 e. The summed E-state index contributed by atoms with van der Waals surface area (Å²) >= 11 is 0. The van der Waals surface area contributed by atoms with Crippen LogP contribution in [0.25, 0.3) is 0 Å². The third kappa shape index (κ3) is 4.19. The van der Waals surface area contributed by atoms with E-state index in [1.165, 1.54) is 18.2 Å². The Balaban J connectivity index is 1.98. The molecule has 2 rings (SSSR count). The lowest BCUT2D eigenvalue weighted by Gasteiger charge is -2.19. The van der Waals surface area contributed by atoms with E-state index in [-0.39, 0.29) is 5.57 Å². The summed E-state index contributed by atoms with van der Waals surface area (Å²) in [5.41, 5.74) is -2.44. The van der Waals surface area contributed by atoms with Crippen molar-refractivity contribution in [2.75, 3.05) is 0 Å². The van der Waals surface area contributed by atoms with Gasteiger partial charge >= 0.3 is 11.9 Å². The first-order chi connectivity index (χ1) is 10.4. The number of allylic oxidation sites excluding steroid dienone is 2. The summed E-state index contributed by atoms with van der Waals surface area (Å²) in [6, 6.07) is 0. The van der Waals surface area contributed by atoms with Crippen LogP contribution in [-0.4, -0.2) is 34.8 Å². The predicted octanol–water partition coefficient (Wildman–Crippen LogP) is 2.17. The molecular weight excluding hydrogens is 304 g/mol. The Kier molecular flexibility index (Phi) is 4.40. The second kappa shape index (κ2) is 5.74. The molecule has 2 atom stereocenters. The number of carbonyl (C=O) groups excluding carboxylic acids is 2. The van der Waals surface area contributed by atoms with Gasteiger partial charge in [0.15, 0.2) is 0 Å². The van der Waals surface area contributed by atoms with Crippen LogP contribution in [-0.2, 0) is 33.9 Å². The van der Waals surface area contributed by atoms with Gasteiger partial charge in [0.05, 0.1) is 5.57 Å². The van der Waals surface area contributed by atoms with Gasteiger partial charge in [0.25, 0.3) is 0 Å². The topological polar surface area (TPSA) is 83.6 Å². The van der Waals surface area contributed by atoms with Crippen LogP contribution in [0.1, 0.15) is 41.5 Å². The van der Waals surface area contributed by atoms with Gasteiger partial charge in [0.2, 0.25) is 5.60 Å². The van der Waals surface area contributed by atoms with Crippen molar-refractivity contribution in [1.82, 2.24) is 0 Å². The van der Waals surface area contributed by atoms with Crippen LogP contribution < -0.4 is 0 Å².